The van der Waals surface area contributed by atoms with Gasteiger partial charge in [-0.15, -0.1) is 0 Å². The van der Waals surface area contributed by atoms with Crippen LogP contribution in [0.5, 0.6) is 0 Å². The summed E-state index contributed by atoms with van der Waals surface area (Å²) in [6, 6.07) is 10.7. The fraction of sp³-hybridized carbons (Fsp3) is 0.520. The van der Waals surface area contributed by atoms with Gasteiger partial charge in [0.1, 0.15) is 11.6 Å². The molecule has 3 rings (SSSR count). The van der Waals surface area contributed by atoms with Gasteiger partial charge in [0.05, 0.1) is 16.8 Å². The number of nitrogens with one attached hydrogen (secondary N) is 1. The molecule has 176 valence electrons. The largest absolute Gasteiger partial charge is 0.391 e. The van der Waals surface area contributed by atoms with Crippen LogP contribution in [0, 0.1) is 17.6 Å². The van der Waals surface area contributed by atoms with Gasteiger partial charge in [0.25, 0.3) is 0 Å². The lowest BCUT2D eigenvalue weighted by molar-refractivity contribution is 0.154. The molecular formula is C25H33F2NO3S. The van der Waals surface area contributed by atoms with Gasteiger partial charge in [-0.05, 0) is 48.4 Å². The first-order valence-electron chi connectivity index (χ1n) is 11.3. The molecule has 2 aromatic carbocycles. The predicted molar refractivity (Wildman–Crippen MR) is 122 cm³/mol. The molecule has 0 amide bonds. The lowest BCUT2D eigenvalue weighted by Crippen LogP contribution is -2.48. The normalized spacial score (nSPS) is 17.4. The Bertz CT molecular complexity index is 997. The van der Waals surface area contributed by atoms with E-state index in [4.69, 9.17) is 0 Å². The van der Waals surface area contributed by atoms with Crippen molar-refractivity contribution >= 4 is 9.84 Å². The maximum Gasteiger partial charge on any atom is 0.181 e. The Kier molecular flexibility index (Phi) is 8.06. The molecule has 0 aliphatic heterocycles. The van der Waals surface area contributed by atoms with Crippen molar-refractivity contribution in [2.75, 3.05) is 12.3 Å². The molecule has 2 aromatic rings. The van der Waals surface area contributed by atoms with Crippen molar-refractivity contribution in [1.29, 1.82) is 0 Å². The van der Waals surface area contributed by atoms with Gasteiger partial charge in [-0.25, -0.2) is 17.2 Å². The summed E-state index contributed by atoms with van der Waals surface area (Å²) in [4.78, 5) is -0.456. The first-order valence-corrected chi connectivity index (χ1v) is 13.0. The quantitative estimate of drug-likeness (QED) is 0.561. The standard InChI is InChI=1S/C25H33F2NO3S/c1-18(2)11-19-7-6-8-20(12-19)25(9-4-3-5-10-25)28-16-23(29)17-32(30,31)24-14-21(26)13-22(27)15-24/h6-8,12-15,18,23,28-29H,3-5,9-11,16-17H2,1-2H3. The van der Waals surface area contributed by atoms with Crippen molar-refractivity contribution in [3.8, 4) is 0 Å². The molecule has 0 spiro atoms. The highest BCUT2D eigenvalue weighted by atomic mass is 32.2. The van der Waals surface area contributed by atoms with Crippen molar-refractivity contribution < 1.29 is 22.3 Å². The molecule has 0 heterocycles. The molecule has 7 heteroatoms. The van der Waals surface area contributed by atoms with Crippen LogP contribution in [0.25, 0.3) is 0 Å². The van der Waals surface area contributed by atoms with Crippen molar-refractivity contribution in [2.24, 2.45) is 5.92 Å². The number of hydrogen-bond donors (Lipinski definition) is 2. The van der Waals surface area contributed by atoms with Crippen molar-refractivity contribution in [1.82, 2.24) is 5.32 Å². The van der Waals surface area contributed by atoms with E-state index in [-0.39, 0.29) is 12.1 Å². The highest BCUT2D eigenvalue weighted by Gasteiger charge is 2.34. The monoisotopic (exact) mass is 465 g/mol. The average molecular weight is 466 g/mol. The molecule has 1 unspecified atom stereocenters. The summed E-state index contributed by atoms with van der Waals surface area (Å²) in [7, 11) is -4.03. The Morgan fingerprint density at radius 2 is 1.69 bits per heavy atom. The van der Waals surface area contributed by atoms with E-state index in [9.17, 15) is 22.3 Å². The summed E-state index contributed by atoms with van der Waals surface area (Å²) >= 11 is 0. The summed E-state index contributed by atoms with van der Waals surface area (Å²) in [5.74, 6) is -1.98. The lowest BCUT2D eigenvalue weighted by Gasteiger charge is -2.40. The molecule has 0 aromatic heterocycles. The van der Waals surface area contributed by atoms with E-state index in [2.05, 4.69) is 43.4 Å². The Morgan fingerprint density at radius 3 is 2.31 bits per heavy atom. The van der Waals surface area contributed by atoms with Crippen LogP contribution in [0.15, 0.2) is 47.4 Å². The summed E-state index contributed by atoms with van der Waals surface area (Å²) in [6.45, 7) is 4.44. The summed E-state index contributed by atoms with van der Waals surface area (Å²) in [5, 5.41) is 14.0. The zero-order valence-corrected chi connectivity index (χ0v) is 19.6. The fourth-order valence-electron chi connectivity index (χ4n) is 4.62. The predicted octanol–water partition coefficient (Wildman–Crippen LogP) is 4.75. The SMILES string of the molecule is CC(C)Cc1cccc(C2(NCC(O)CS(=O)(=O)c3cc(F)cc(F)c3)CCCCC2)c1. The molecule has 0 bridgehead atoms. The zero-order chi connectivity index (χ0) is 23.4. The molecule has 4 nitrogen and oxygen atoms in total. The van der Waals surface area contributed by atoms with Crippen molar-refractivity contribution in [3.63, 3.8) is 0 Å². The van der Waals surface area contributed by atoms with Gasteiger partial charge < -0.3 is 10.4 Å². The van der Waals surface area contributed by atoms with E-state index in [1.54, 1.807) is 0 Å². The fourth-order valence-corrected chi connectivity index (χ4v) is 6.02. The smallest absolute Gasteiger partial charge is 0.181 e. The zero-order valence-electron chi connectivity index (χ0n) is 18.8. The Hall–Kier alpha value is -1.83. The third kappa shape index (κ3) is 6.36. The summed E-state index contributed by atoms with van der Waals surface area (Å²) < 4.78 is 52.1. The second kappa shape index (κ2) is 10.4. The second-order valence-corrected chi connectivity index (χ2v) is 11.4. The molecule has 1 fully saturated rings. The van der Waals surface area contributed by atoms with E-state index in [1.807, 2.05) is 0 Å². The highest BCUT2D eigenvalue weighted by Crippen LogP contribution is 2.37. The average Bonchev–Trinajstić information content (AvgIpc) is 2.72. The van der Waals surface area contributed by atoms with Crippen LogP contribution in [0.3, 0.4) is 0 Å². The van der Waals surface area contributed by atoms with Crippen LogP contribution in [-0.4, -0.2) is 31.9 Å². The molecule has 1 saturated carbocycles. The Balaban J connectivity index is 1.74. The number of aliphatic hydroxyl groups is 1. The molecule has 32 heavy (non-hydrogen) atoms. The number of halogens is 2. The van der Waals surface area contributed by atoms with E-state index in [0.717, 1.165) is 56.2 Å². The van der Waals surface area contributed by atoms with Gasteiger partial charge in [-0.1, -0.05) is 57.4 Å². The van der Waals surface area contributed by atoms with Crippen LogP contribution >= 0.6 is 0 Å². The minimum absolute atomic E-state index is 0.0748. The van der Waals surface area contributed by atoms with Crippen LogP contribution in [-0.2, 0) is 21.8 Å². The number of aliphatic hydroxyl groups excluding tert-OH is 1. The molecule has 0 radical (unpaired) electrons. The van der Waals surface area contributed by atoms with Gasteiger partial charge in [0, 0.05) is 18.2 Å². The van der Waals surface area contributed by atoms with Gasteiger partial charge in [-0.2, -0.15) is 0 Å². The van der Waals surface area contributed by atoms with E-state index in [0.29, 0.717) is 12.0 Å². The maximum absolute atomic E-state index is 13.5. The minimum atomic E-state index is -4.03. The Labute approximate surface area is 190 Å². The molecular weight excluding hydrogens is 432 g/mol. The van der Waals surface area contributed by atoms with Crippen molar-refractivity contribution in [2.45, 2.75) is 68.9 Å². The van der Waals surface area contributed by atoms with Crippen LogP contribution < -0.4 is 5.32 Å². The summed E-state index contributed by atoms with van der Waals surface area (Å²) in [6.07, 6.45) is 4.85. The van der Waals surface area contributed by atoms with Gasteiger partial charge in [0.2, 0.25) is 0 Å². The third-order valence-corrected chi connectivity index (χ3v) is 7.89. The van der Waals surface area contributed by atoms with Crippen LogP contribution in [0.4, 0.5) is 8.78 Å². The van der Waals surface area contributed by atoms with Crippen LogP contribution in [0.1, 0.15) is 57.1 Å². The van der Waals surface area contributed by atoms with E-state index in [1.165, 1.54) is 5.56 Å². The minimum Gasteiger partial charge on any atom is -0.391 e. The third-order valence-electron chi connectivity index (χ3n) is 6.11. The van der Waals surface area contributed by atoms with Gasteiger partial charge in [0.15, 0.2) is 9.84 Å². The Morgan fingerprint density at radius 1 is 1.03 bits per heavy atom. The molecule has 1 aliphatic carbocycles. The van der Waals surface area contributed by atoms with Crippen LogP contribution in [0.2, 0.25) is 0 Å². The van der Waals surface area contributed by atoms with Gasteiger partial charge in [-0.3, -0.25) is 0 Å². The highest BCUT2D eigenvalue weighted by molar-refractivity contribution is 7.91. The van der Waals surface area contributed by atoms with Gasteiger partial charge >= 0.3 is 0 Å². The molecule has 1 aliphatic rings. The summed E-state index contributed by atoms with van der Waals surface area (Å²) in [5.41, 5.74) is 2.11. The second-order valence-electron chi connectivity index (χ2n) is 9.36. The topological polar surface area (TPSA) is 66.4 Å². The van der Waals surface area contributed by atoms with Crippen molar-refractivity contribution in [3.05, 3.63) is 65.2 Å². The van der Waals surface area contributed by atoms with E-state index >= 15 is 0 Å². The molecule has 1 atom stereocenters. The maximum atomic E-state index is 13.5. The number of rotatable bonds is 9. The first kappa shape index (κ1) is 24.8. The molecule has 0 saturated heterocycles. The first-order chi connectivity index (χ1) is 15.1. The number of hydrogen-bond acceptors (Lipinski definition) is 4. The van der Waals surface area contributed by atoms with E-state index < -0.39 is 38.2 Å². The number of sulfone groups is 1. The lowest BCUT2D eigenvalue weighted by atomic mass is 9.76. The molecule has 2 N–H and O–H groups in total. The number of benzene rings is 2.